The number of nitrogens with zero attached hydrogens (tertiary/aromatic N) is 4. The van der Waals surface area contributed by atoms with Crippen LogP contribution in [-0.2, 0) is 13.1 Å². The van der Waals surface area contributed by atoms with E-state index in [1.807, 2.05) is 18.7 Å². The number of H-pyrrole nitrogens is 1. The Hall–Kier alpha value is -1.88. The van der Waals surface area contributed by atoms with Gasteiger partial charge < -0.3 is 9.55 Å². The van der Waals surface area contributed by atoms with E-state index in [0.29, 0.717) is 0 Å². The molecule has 1 N–H and O–H groups in total. The Kier molecular flexibility index (Phi) is 5.64. The molecule has 1 aliphatic rings. The summed E-state index contributed by atoms with van der Waals surface area (Å²) in [4.78, 5) is 14.4. The van der Waals surface area contributed by atoms with Gasteiger partial charge in [-0.2, -0.15) is 0 Å². The minimum absolute atomic E-state index is 0.785. The lowest BCUT2D eigenvalue weighted by Crippen LogP contribution is -2.31. The summed E-state index contributed by atoms with van der Waals surface area (Å²) in [5, 5.41) is 0. The number of aromatic amines is 1. The van der Waals surface area contributed by atoms with Gasteiger partial charge in [0.15, 0.2) is 0 Å². The SMILES string of the molecule is Cc1[nH]cnc1CN(CCCn1ccnc1)C[C@@H]1CC=CCC1. The standard InChI is InChI=1S/C18H27N5/c1-16-18(21-14-20-16)13-23(12-17-6-3-2-4-7-17)10-5-9-22-11-8-19-15-22/h2-3,8,11,14-15,17H,4-7,9-10,12-13H2,1H3,(H,20,21)/t17-/m1/s1. The molecule has 3 rings (SSSR count). The second-order valence-electron chi connectivity index (χ2n) is 6.51. The highest BCUT2D eigenvalue weighted by molar-refractivity contribution is 5.08. The third kappa shape index (κ3) is 4.79. The Morgan fingerprint density at radius 1 is 1.39 bits per heavy atom. The maximum atomic E-state index is 4.48. The van der Waals surface area contributed by atoms with Gasteiger partial charge in [0.05, 0.1) is 18.3 Å². The summed E-state index contributed by atoms with van der Waals surface area (Å²) in [7, 11) is 0. The molecule has 1 aliphatic carbocycles. The minimum Gasteiger partial charge on any atom is -0.348 e. The molecule has 0 unspecified atom stereocenters. The van der Waals surface area contributed by atoms with Crippen LogP contribution in [0.5, 0.6) is 0 Å². The van der Waals surface area contributed by atoms with Crippen molar-refractivity contribution in [3.8, 4) is 0 Å². The average Bonchev–Trinajstić information content (AvgIpc) is 3.21. The molecule has 1 atom stereocenters. The van der Waals surface area contributed by atoms with E-state index in [1.165, 1.54) is 37.2 Å². The molecule has 2 aromatic heterocycles. The summed E-state index contributed by atoms with van der Waals surface area (Å²) in [6, 6.07) is 0. The van der Waals surface area contributed by atoms with Gasteiger partial charge >= 0.3 is 0 Å². The predicted molar refractivity (Wildman–Crippen MR) is 91.9 cm³/mol. The number of allylic oxidation sites excluding steroid dienone is 2. The topological polar surface area (TPSA) is 49.7 Å². The Morgan fingerprint density at radius 3 is 3.04 bits per heavy atom. The van der Waals surface area contributed by atoms with Crippen molar-refractivity contribution in [1.29, 1.82) is 0 Å². The van der Waals surface area contributed by atoms with E-state index in [1.54, 1.807) is 6.33 Å². The first-order valence-corrected chi connectivity index (χ1v) is 8.63. The molecule has 5 nitrogen and oxygen atoms in total. The second-order valence-corrected chi connectivity index (χ2v) is 6.51. The molecule has 0 amide bonds. The lowest BCUT2D eigenvalue weighted by molar-refractivity contribution is 0.207. The molecule has 0 saturated carbocycles. The zero-order chi connectivity index (χ0) is 15.9. The predicted octanol–water partition coefficient (Wildman–Crippen LogP) is 3.16. The Balaban J connectivity index is 1.55. The molecule has 0 spiro atoms. The van der Waals surface area contributed by atoms with Crippen molar-refractivity contribution < 1.29 is 0 Å². The third-order valence-corrected chi connectivity index (χ3v) is 4.65. The first-order valence-electron chi connectivity index (χ1n) is 8.63. The van der Waals surface area contributed by atoms with Crippen molar-refractivity contribution in [1.82, 2.24) is 24.4 Å². The van der Waals surface area contributed by atoms with Crippen LogP contribution in [0.2, 0.25) is 0 Å². The van der Waals surface area contributed by atoms with Crippen molar-refractivity contribution in [3.05, 3.63) is 48.6 Å². The van der Waals surface area contributed by atoms with Crippen molar-refractivity contribution in [3.63, 3.8) is 0 Å². The van der Waals surface area contributed by atoms with Crippen LogP contribution >= 0.6 is 0 Å². The highest BCUT2D eigenvalue weighted by Crippen LogP contribution is 2.20. The molecule has 124 valence electrons. The molecule has 0 bridgehead atoms. The zero-order valence-corrected chi connectivity index (χ0v) is 14.0. The molecular formula is C18H27N5. The number of hydrogen-bond acceptors (Lipinski definition) is 3. The normalized spacial score (nSPS) is 17.9. The lowest BCUT2D eigenvalue weighted by Gasteiger charge is -2.28. The van der Waals surface area contributed by atoms with E-state index < -0.39 is 0 Å². The number of aromatic nitrogens is 4. The first-order chi connectivity index (χ1) is 11.3. The molecule has 23 heavy (non-hydrogen) atoms. The van der Waals surface area contributed by atoms with Crippen molar-refractivity contribution in [2.45, 2.75) is 45.7 Å². The quantitative estimate of drug-likeness (QED) is 0.762. The molecule has 5 heteroatoms. The van der Waals surface area contributed by atoms with Crippen LogP contribution in [0.4, 0.5) is 0 Å². The van der Waals surface area contributed by atoms with E-state index in [0.717, 1.165) is 32.0 Å². The fraction of sp³-hybridized carbons (Fsp3) is 0.556. The summed E-state index contributed by atoms with van der Waals surface area (Å²) in [6.07, 6.45) is 17.2. The Bertz CT molecular complexity index is 599. The van der Waals surface area contributed by atoms with Gasteiger partial charge in [-0.25, -0.2) is 9.97 Å². The second kappa shape index (κ2) is 8.11. The van der Waals surface area contributed by atoms with Crippen LogP contribution in [0.1, 0.15) is 37.1 Å². The smallest absolute Gasteiger partial charge is 0.0945 e. The fourth-order valence-electron chi connectivity index (χ4n) is 3.28. The summed E-state index contributed by atoms with van der Waals surface area (Å²) in [5.74, 6) is 0.785. The van der Waals surface area contributed by atoms with Gasteiger partial charge in [-0.05, 0) is 38.5 Å². The molecule has 0 fully saturated rings. The van der Waals surface area contributed by atoms with E-state index in [9.17, 15) is 0 Å². The highest BCUT2D eigenvalue weighted by Gasteiger charge is 2.16. The third-order valence-electron chi connectivity index (χ3n) is 4.65. The van der Waals surface area contributed by atoms with Gasteiger partial charge in [0.1, 0.15) is 0 Å². The molecule has 2 aromatic rings. The van der Waals surface area contributed by atoms with Gasteiger partial charge in [-0.15, -0.1) is 0 Å². The molecular weight excluding hydrogens is 286 g/mol. The van der Waals surface area contributed by atoms with Gasteiger partial charge in [0.25, 0.3) is 0 Å². The lowest BCUT2D eigenvalue weighted by atomic mass is 9.94. The molecule has 2 heterocycles. The van der Waals surface area contributed by atoms with Crippen LogP contribution in [-0.4, -0.2) is 37.5 Å². The van der Waals surface area contributed by atoms with Crippen molar-refractivity contribution in [2.24, 2.45) is 5.92 Å². The van der Waals surface area contributed by atoms with E-state index in [4.69, 9.17) is 0 Å². The zero-order valence-electron chi connectivity index (χ0n) is 14.0. The summed E-state index contributed by atoms with van der Waals surface area (Å²) >= 11 is 0. The molecule has 0 radical (unpaired) electrons. The van der Waals surface area contributed by atoms with E-state index >= 15 is 0 Å². The van der Waals surface area contributed by atoms with Crippen molar-refractivity contribution in [2.75, 3.05) is 13.1 Å². The Morgan fingerprint density at radius 2 is 2.35 bits per heavy atom. The molecule has 0 saturated heterocycles. The summed E-state index contributed by atoms with van der Waals surface area (Å²) in [5.41, 5.74) is 2.37. The summed E-state index contributed by atoms with van der Waals surface area (Å²) in [6.45, 7) is 6.35. The van der Waals surface area contributed by atoms with Gasteiger partial charge in [0, 0.05) is 44.3 Å². The van der Waals surface area contributed by atoms with Crippen molar-refractivity contribution >= 4 is 0 Å². The Labute approximate surface area is 138 Å². The van der Waals surface area contributed by atoms with E-state index in [2.05, 4.69) is 43.5 Å². The molecule has 0 aliphatic heterocycles. The first kappa shape index (κ1) is 16.0. The minimum atomic E-state index is 0.785. The number of rotatable bonds is 8. The summed E-state index contributed by atoms with van der Waals surface area (Å²) < 4.78 is 2.15. The number of aryl methyl sites for hydroxylation is 2. The highest BCUT2D eigenvalue weighted by atomic mass is 15.1. The fourth-order valence-corrected chi connectivity index (χ4v) is 3.28. The average molecular weight is 313 g/mol. The number of hydrogen-bond donors (Lipinski definition) is 1. The van der Waals surface area contributed by atoms with Crippen LogP contribution in [0.15, 0.2) is 37.2 Å². The van der Waals surface area contributed by atoms with Crippen LogP contribution in [0, 0.1) is 12.8 Å². The largest absolute Gasteiger partial charge is 0.348 e. The van der Waals surface area contributed by atoms with E-state index in [-0.39, 0.29) is 0 Å². The maximum Gasteiger partial charge on any atom is 0.0945 e. The van der Waals surface area contributed by atoms with Gasteiger partial charge in [-0.3, -0.25) is 4.90 Å². The van der Waals surface area contributed by atoms with Gasteiger partial charge in [0.2, 0.25) is 0 Å². The van der Waals surface area contributed by atoms with Crippen LogP contribution in [0.3, 0.4) is 0 Å². The van der Waals surface area contributed by atoms with Crippen LogP contribution in [0.25, 0.3) is 0 Å². The molecule has 0 aromatic carbocycles. The number of imidazole rings is 2. The van der Waals surface area contributed by atoms with Gasteiger partial charge in [-0.1, -0.05) is 12.2 Å². The van der Waals surface area contributed by atoms with Crippen LogP contribution < -0.4 is 0 Å². The maximum absolute atomic E-state index is 4.48. The monoisotopic (exact) mass is 313 g/mol. The number of nitrogens with one attached hydrogen (secondary N) is 1.